The molecule has 0 bridgehead atoms. The van der Waals surface area contributed by atoms with Crippen LogP contribution in [0.15, 0.2) is 48.5 Å². The molecule has 0 spiro atoms. The van der Waals surface area contributed by atoms with E-state index in [0.717, 1.165) is 11.3 Å². The van der Waals surface area contributed by atoms with E-state index in [2.05, 4.69) is 17.4 Å². The van der Waals surface area contributed by atoms with Crippen LogP contribution in [0.5, 0.6) is 0 Å². The molecule has 3 N–H and O–H groups in total. The van der Waals surface area contributed by atoms with Crippen molar-refractivity contribution < 1.29 is 4.79 Å². The standard InChI is InChI=1S/C16H18N2OS/c1-12-7-8-15(14(17)9-12)18-16(19)11-20-10-13-5-3-2-4-6-13/h2-9H,10-11,17H2,1H3,(H,18,19). The lowest BCUT2D eigenvalue weighted by atomic mass is 10.2. The summed E-state index contributed by atoms with van der Waals surface area (Å²) in [5, 5.41) is 2.84. The van der Waals surface area contributed by atoms with Crippen molar-refractivity contribution in [3.8, 4) is 0 Å². The van der Waals surface area contributed by atoms with Gasteiger partial charge in [0, 0.05) is 5.75 Å². The van der Waals surface area contributed by atoms with Crippen LogP contribution in [-0.2, 0) is 10.5 Å². The molecule has 4 heteroatoms. The second-order valence-electron chi connectivity index (χ2n) is 4.62. The van der Waals surface area contributed by atoms with Crippen molar-refractivity contribution in [2.75, 3.05) is 16.8 Å². The number of rotatable bonds is 5. The lowest BCUT2D eigenvalue weighted by molar-refractivity contribution is -0.113. The Kier molecular flexibility index (Phi) is 5.07. The average molecular weight is 286 g/mol. The lowest BCUT2D eigenvalue weighted by Gasteiger charge is -2.08. The van der Waals surface area contributed by atoms with Crippen molar-refractivity contribution in [1.29, 1.82) is 0 Å². The van der Waals surface area contributed by atoms with E-state index in [1.54, 1.807) is 11.8 Å². The SMILES string of the molecule is Cc1ccc(NC(=O)CSCc2ccccc2)c(N)c1. The summed E-state index contributed by atoms with van der Waals surface area (Å²) in [7, 11) is 0. The van der Waals surface area contributed by atoms with E-state index >= 15 is 0 Å². The molecule has 0 heterocycles. The first-order valence-corrected chi connectivity index (χ1v) is 7.58. The van der Waals surface area contributed by atoms with Gasteiger partial charge in [0.25, 0.3) is 0 Å². The fraction of sp³-hybridized carbons (Fsp3) is 0.188. The highest BCUT2D eigenvalue weighted by molar-refractivity contribution is 7.99. The highest BCUT2D eigenvalue weighted by Gasteiger charge is 2.05. The summed E-state index contributed by atoms with van der Waals surface area (Å²) in [6.07, 6.45) is 0. The van der Waals surface area contributed by atoms with E-state index in [4.69, 9.17) is 5.73 Å². The number of anilines is 2. The Morgan fingerprint density at radius 3 is 2.65 bits per heavy atom. The van der Waals surface area contributed by atoms with Crippen LogP contribution >= 0.6 is 11.8 Å². The van der Waals surface area contributed by atoms with Crippen LogP contribution in [0.25, 0.3) is 0 Å². The summed E-state index contributed by atoms with van der Waals surface area (Å²) in [6, 6.07) is 15.7. The van der Waals surface area contributed by atoms with Crippen molar-refractivity contribution in [3.05, 3.63) is 59.7 Å². The molecule has 2 aromatic carbocycles. The second-order valence-corrected chi connectivity index (χ2v) is 5.60. The molecule has 0 aliphatic heterocycles. The number of nitrogen functional groups attached to an aromatic ring is 1. The maximum atomic E-state index is 11.9. The molecule has 1 amide bonds. The Balaban J connectivity index is 1.81. The minimum Gasteiger partial charge on any atom is -0.397 e. The summed E-state index contributed by atoms with van der Waals surface area (Å²) in [5.41, 5.74) is 9.46. The fourth-order valence-electron chi connectivity index (χ4n) is 1.82. The molecule has 104 valence electrons. The Labute approximate surface area is 123 Å². The van der Waals surface area contributed by atoms with Gasteiger partial charge >= 0.3 is 0 Å². The van der Waals surface area contributed by atoms with Gasteiger partial charge in [-0.05, 0) is 30.2 Å². The Hall–Kier alpha value is -1.94. The van der Waals surface area contributed by atoms with E-state index < -0.39 is 0 Å². The number of hydrogen-bond acceptors (Lipinski definition) is 3. The van der Waals surface area contributed by atoms with Gasteiger partial charge < -0.3 is 11.1 Å². The van der Waals surface area contributed by atoms with Crippen LogP contribution in [-0.4, -0.2) is 11.7 Å². The molecule has 20 heavy (non-hydrogen) atoms. The van der Waals surface area contributed by atoms with Gasteiger partial charge in [-0.3, -0.25) is 4.79 Å². The first-order valence-electron chi connectivity index (χ1n) is 6.43. The minimum absolute atomic E-state index is 0.0264. The minimum atomic E-state index is -0.0264. The van der Waals surface area contributed by atoms with E-state index in [-0.39, 0.29) is 5.91 Å². The second kappa shape index (κ2) is 7.01. The van der Waals surface area contributed by atoms with Gasteiger partial charge in [-0.15, -0.1) is 11.8 Å². The molecular formula is C16H18N2OS. The van der Waals surface area contributed by atoms with Crippen molar-refractivity contribution in [2.24, 2.45) is 0 Å². The summed E-state index contributed by atoms with van der Waals surface area (Å²) >= 11 is 1.59. The zero-order valence-corrected chi connectivity index (χ0v) is 12.2. The first-order chi connectivity index (χ1) is 9.65. The summed E-state index contributed by atoms with van der Waals surface area (Å²) in [4.78, 5) is 11.9. The molecule has 0 unspecified atom stereocenters. The normalized spacial score (nSPS) is 10.2. The molecule has 0 fully saturated rings. The van der Waals surface area contributed by atoms with Crippen molar-refractivity contribution in [2.45, 2.75) is 12.7 Å². The van der Waals surface area contributed by atoms with Gasteiger partial charge in [0.2, 0.25) is 5.91 Å². The predicted octanol–water partition coefficient (Wildman–Crippen LogP) is 3.45. The van der Waals surface area contributed by atoms with E-state index in [0.29, 0.717) is 17.1 Å². The zero-order chi connectivity index (χ0) is 14.4. The van der Waals surface area contributed by atoms with Crippen LogP contribution in [0.4, 0.5) is 11.4 Å². The monoisotopic (exact) mass is 286 g/mol. The van der Waals surface area contributed by atoms with Crippen LogP contribution in [0.1, 0.15) is 11.1 Å². The maximum Gasteiger partial charge on any atom is 0.234 e. The molecular weight excluding hydrogens is 268 g/mol. The molecule has 0 saturated heterocycles. The number of amides is 1. The van der Waals surface area contributed by atoms with Crippen molar-refractivity contribution in [3.63, 3.8) is 0 Å². The van der Waals surface area contributed by atoms with E-state index in [1.807, 2.05) is 43.3 Å². The van der Waals surface area contributed by atoms with Gasteiger partial charge in [-0.1, -0.05) is 36.4 Å². The average Bonchev–Trinajstić information content (AvgIpc) is 2.43. The highest BCUT2D eigenvalue weighted by atomic mass is 32.2. The van der Waals surface area contributed by atoms with E-state index in [9.17, 15) is 4.79 Å². The molecule has 0 atom stereocenters. The number of benzene rings is 2. The Morgan fingerprint density at radius 2 is 1.95 bits per heavy atom. The van der Waals surface area contributed by atoms with Gasteiger partial charge in [0.05, 0.1) is 17.1 Å². The third-order valence-electron chi connectivity index (χ3n) is 2.83. The van der Waals surface area contributed by atoms with Crippen LogP contribution < -0.4 is 11.1 Å². The molecule has 2 aromatic rings. The summed E-state index contributed by atoms with van der Waals surface area (Å²) < 4.78 is 0. The molecule has 2 rings (SSSR count). The largest absolute Gasteiger partial charge is 0.397 e. The van der Waals surface area contributed by atoms with Crippen molar-refractivity contribution in [1.82, 2.24) is 0 Å². The first kappa shape index (κ1) is 14.5. The third-order valence-corrected chi connectivity index (χ3v) is 3.83. The number of nitrogens with two attached hydrogens (primary N) is 1. The molecule has 0 aliphatic carbocycles. The quantitative estimate of drug-likeness (QED) is 0.828. The van der Waals surface area contributed by atoms with E-state index in [1.165, 1.54) is 5.56 Å². The highest BCUT2D eigenvalue weighted by Crippen LogP contribution is 2.20. The number of carbonyl (C=O) groups is 1. The Morgan fingerprint density at radius 1 is 1.20 bits per heavy atom. The maximum absolute atomic E-state index is 11.9. The number of thioether (sulfide) groups is 1. The molecule has 0 aromatic heterocycles. The zero-order valence-electron chi connectivity index (χ0n) is 11.4. The number of carbonyl (C=O) groups excluding carboxylic acids is 1. The lowest BCUT2D eigenvalue weighted by Crippen LogP contribution is -2.15. The van der Waals surface area contributed by atoms with Gasteiger partial charge in [0.15, 0.2) is 0 Å². The smallest absolute Gasteiger partial charge is 0.234 e. The summed E-state index contributed by atoms with van der Waals surface area (Å²) in [5.74, 6) is 1.22. The topological polar surface area (TPSA) is 55.1 Å². The fourth-order valence-corrected chi connectivity index (χ4v) is 2.61. The van der Waals surface area contributed by atoms with Crippen LogP contribution in [0.2, 0.25) is 0 Å². The van der Waals surface area contributed by atoms with Crippen LogP contribution in [0.3, 0.4) is 0 Å². The van der Waals surface area contributed by atoms with Crippen LogP contribution in [0, 0.1) is 6.92 Å². The number of aryl methyl sites for hydroxylation is 1. The molecule has 0 saturated carbocycles. The number of nitrogens with one attached hydrogen (secondary N) is 1. The van der Waals surface area contributed by atoms with Gasteiger partial charge in [0.1, 0.15) is 0 Å². The molecule has 0 radical (unpaired) electrons. The number of hydrogen-bond donors (Lipinski definition) is 2. The van der Waals surface area contributed by atoms with Crippen molar-refractivity contribution >= 4 is 29.0 Å². The molecule has 3 nitrogen and oxygen atoms in total. The molecule has 0 aliphatic rings. The summed E-state index contributed by atoms with van der Waals surface area (Å²) in [6.45, 7) is 1.97. The Bertz CT molecular complexity index is 584. The van der Waals surface area contributed by atoms with Gasteiger partial charge in [-0.25, -0.2) is 0 Å². The third kappa shape index (κ3) is 4.31. The predicted molar refractivity (Wildman–Crippen MR) is 86.8 cm³/mol. The van der Waals surface area contributed by atoms with Gasteiger partial charge in [-0.2, -0.15) is 0 Å².